The van der Waals surface area contributed by atoms with Gasteiger partial charge >= 0.3 is 0 Å². The summed E-state index contributed by atoms with van der Waals surface area (Å²) in [5, 5.41) is 13.7. The number of hydrogen-bond donors (Lipinski definition) is 1. The highest BCUT2D eigenvalue weighted by Crippen LogP contribution is 2.27. The van der Waals surface area contributed by atoms with Crippen LogP contribution < -0.4 is 5.32 Å². The van der Waals surface area contributed by atoms with Crippen LogP contribution in [-0.2, 0) is 0 Å². The van der Waals surface area contributed by atoms with Gasteiger partial charge in [0.05, 0.1) is 17.3 Å². The molecule has 0 fully saturated rings. The molecule has 2 aromatic carbocycles. The number of amides is 1. The highest BCUT2D eigenvalue weighted by Gasteiger charge is 2.11. The van der Waals surface area contributed by atoms with Crippen molar-refractivity contribution in [3.05, 3.63) is 72.1 Å². The van der Waals surface area contributed by atoms with E-state index in [1.54, 1.807) is 36.5 Å². The Morgan fingerprint density at radius 2 is 1.86 bits per heavy atom. The predicted molar refractivity (Wildman–Crippen MR) is 80.9 cm³/mol. The Morgan fingerprint density at radius 1 is 1.05 bits per heavy atom. The summed E-state index contributed by atoms with van der Waals surface area (Å²) in [4.78, 5) is 16.2. The first kappa shape index (κ1) is 12.8. The monoisotopic (exact) mass is 273 g/mol. The van der Waals surface area contributed by atoms with Crippen LogP contribution in [0.2, 0.25) is 0 Å². The van der Waals surface area contributed by atoms with Crippen molar-refractivity contribution < 1.29 is 4.79 Å². The van der Waals surface area contributed by atoms with Crippen LogP contribution in [0.1, 0.15) is 16.1 Å². The summed E-state index contributed by atoms with van der Waals surface area (Å²) in [6.07, 6.45) is 1.57. The number of carbonyl (C=O) groups excluding carboxylic acids is 1. The molecule has 0 atom stereocenters. The quantitative estimate of drug-likeness (QED) is 0.778. The summed E-state index contributed by atoms with van der Waals surface area (Å²) in [5.41, 5.74) is 1.48. The smallest absolute Gasteiger partial charge is 0.274 e. The Bertz CT molecular complexity index is 846. The normalized spacial score (nSPS) is 10.0. The van der Waals surface area contributed by atoms with E-state index in [0.717, 1.165) is 10.8 Å². The first-order valence-electron chi connectivity index (χ1n) is 6.44. The van der Waals surface area contributed by atoms with Crippen molar-refractivity contribution in [2.75, 3.05) is 5.32 Å². The summed E-state index contributed by atoms with van der Waals surface area (Å²) in [5.74, 6) is -0.296. The largest absolute Gasteiger partial charge is 0.320 e. The minimum Gasteiger partial charge on any atom is -0.320 e. The van der Waals surface area contributed by atoms with Crippen molar-refractivity contribution in [3.8, 4) is 6.07 Å². The number of hydrogen-bond acceptors (Lipinski definition) is 3. The number of fused-ring (bicyclic) bond motifs is 1. The Labute approximate surface area is 121 Å². The minimum absolute atomic E-state index is 0.296. The van der Waals surface area contributed by atoms with E-state index in [1.807, 2.05) is 24.3 Å². The fourth-order valence-corrected chi connectivity index (χ4v) is 2.22. The van der Waals surface area contributed by atoms with E-state index in [0.29, 0.717) is 16.9 Å². The van der Waals surface area contributed by atoms with Crippen molar-refractivity contribution in [2.45, 2.75) is 0 Å². The zero-order valence-corrected chi connectivity index (χ0v) is 11.1. The maximum atomic E-state index is 12.2. The van der Waals surface area contributed by atoms with E-state index in [9.17, 15) is 10.1 Å². The molecule has 3 aromatic rings. The van der Waals surface area contributed by atoms with Gasteiger partial charge in [0.1, 0.15) is 5.69 Å². The molecule has 0 bridgehead atoms. The molecule has 0 spiro atoms. The van der Waals surface area contributed by atoms with Gasteiger partial charge < -0.3 is 5.32 Å². The second kappa shape index (κ2) is 5.43. The standard InChI is InChI=1S/C17H11N3O/c18-11-13-7-3-5-12-6-4-9-14(16(12)13)20-17(21)15-8-1-2-10-19-15/h1-10H,(H,20,21). The second-order valence-electron chi connectivity index (χ2n) is 4.49. The number of nitrogens with one attached hydrogen (secondary N) is 1. The summed E-state index contributed by atoms with van der Waals surface area (Å²) in [6, 6.07) is 18.3. The van der Waals surface area contributed by atoms with Gasteiger partial charge in [-0.3, -0.25) is 9.78 Å². The molecule has 0 saturated carbocycles. The Balaban J connectivity index is 2.06. The Morgan fingerprint density at radius 3 is 2.57 bits per heavy atom. The number of aromatic nitrogens is 1. The Hall–Kier alpha value is -3.19. The number of rotatable bonds is 2. The van der Waals surface area contributed by atoms with Crippen LogP contribution in [0.15, 0.2) is 60.8 Å². The number of anilines is 1. The molecule has 100 valence electrons. The van der Waals surface area contributed by atoms with Crippen LogP contribution in [0.25, 0.3) is 10.8 Å². The van der Waals surface area contributed by atoms with Crippen LogP contribution in [0.4, 0.5) is 5.69 Å². The highest BCUT2D eigenvalue weighted by molar-refractivity contribution is 6.09. The van der Waals surface area contributed by atoms with Crippen LogP contribution in [-0.4, -0.2) is 10.9 Å². The third-order valence-electron chi connectivity index (χ3n) is 3.17. The van der Waals surface area contributed by atoms with E-state index in [1.165, 1.54) is 0 Å². The molecule has 1 heterocycles. The predicted octanol–water partition coefficient (Wildman–Crippen LogP) is 3.36. The molecule has 1 N–H and O–H groups in total. The molecule has 4 heteroatoms. The second-order valence-corrected chi connectivity index (χ2v) is 4.49. The molecule has 1 amide bonds. The van der Waals surface area contributed by atoms with E-state index < -0.39 is 0 Å². The molecular weight excluding hydrogens is 262 g/mol. The third-order valence-corrected chi connectivity index (χ3v) is 3.17. The zero-order valence-electron chi connectivity index (χ0n) is 11.1. The molecule has 0 saturated heterocycles. The summed E-state index contributed by atoms with van der Waals surface area (Å²) >= 11 is 0. The molecule has 4 nitrogen and oxygen atoms in total. The summed E-state index contributed by atoms with van der Waals surface area (Å²) < 4.78 is 0. The first-order chi connectivity index (χ1) is 10.3. The van der Waals surface area contributed by atoms with Gasteiger partial charge in [-0.15, -0.1) is 0 Å². The molecular formula is C17H11N3O. The summed E-state index contributed by atoms with van der Waals surface area (Å²) in [7, 11) is 0. The van der Waals surface area contributed by atoms with Gasteiger partial charge in [0, 0.05) is 11.6 Å². The van der Waals surface area contributed by atoms with Crippen molar-refractivity contribution >= 4 is 22.4 Å². The zero-order chi connectivity index (χ0) is 14.7. The molecule has 0 aliphatic rings. The lowest BCUT2D eigenvalue weighted by molar-refractivity contribution is 0.102. The lowest BCUT2D eigenvalue weighted by Crippen LogP contribution is -2.13. The van der Waals surface area contributed by atoms with Gasteiger partial charge in [0.2, 0.25) is 0 Å². The van der Waals surface area contributed by atoms with Crippen LogP contribution in [0.3, 0.4) is 0 Å². The number of nitrogens with zero attached hydrogens (tertiary/aromatic N) is 2. The van der Waals surface area contributed by atoms with Crippen molar-refractivity contribution in [1.29, 1.82) is 5.26 Å². The number of benzene rings is 2. The number of pyridine rings is 1. The molecule has 0 radical (unpaired) electrons. The van der Waals surface area contributed by atoms with E-state index in [-0.39, 0.29) is 5.91 Å². The van der Waals surface area contributed by atoms with Gasteiger partial charge in [-0.25, -0.2) is 0 Å². The fourth-order valence-electron chi connectivity index (χ4n) is 2.22. The number of nitriles is 1. The fraction of sp³-hybridized carbons (Fsp3) is 0. The average Bonchev–Trinajstić information content (AvgIpc) is 2.55. The molecule has 0 aliphatic heterocycles. The highest BCUT2D eigenvalue weighted by atomic mass is 16.1. The SMILES string of the molecule is N#Cc1cccc2cccc(NC(=O)c3ccccn3)c12. The first-order valence-corrected chi connectivity index (χ1v) is 6.44. The molecule has 0 unspecified atom stereocenters. The lowest BCUT2D eigenvalue weighted by atomic mass is 10.0. The topological polar surface area (TPSA) is 65.8 Å². The van der Waals surface area contributed by atoms with Crippen LogP contribution in [0.5, 0.6) is 0 Å². The maximum Gasteiger partial charge on any atom is 0.274 e. The van der Waals surface area contributed by atoms with Crippen molar-refractivity contribution in [2.24, 2.45) is 0 Å². The lowest BCUT2D eigenvalue weighted by Gasteiger charge is -2.09. The number of carbonyl (C=O) groups is 1. The molecule has 1 aromatic heterocycles. The van der Waals surface area contributed by atoms with Gasteiger partial charge in [-0.1, -0.05) is 30.3 Å². The maximum absolute atomic E-state index is 12.2. The molecule has 3 rings (SSSR count). The third kappa shape index (κ3) is 2.45. The Kier molecular flexibility index (Phi) is 3.32. The summed E-state index contributed by atoms with van der Waals surface area (Å²) in [6.45, 7) is 0. The van der Waals surface area contributed by atoms with Crippen molar-refractivity contribution in [1.82, 2.24) is 4.98 Å². The van der Waals surface area contributed by atoms with Gasteiger partial charge in [0.15, 0.2) is 0 Å². The van der Waals surface area contributed by atoms with Crippen molar-refractivity contribution in [3.63, 3.8) is 0 Å². The van der Waals surface area contributed by atoms with Gasteiger partial charge in [0.25, 0.3) is 5.91 Å². The van der Waals surface area contributed by atoms with E-state index in [4.69, 9.17) is 0 Å². The molecule has 21 heavy (non-hydrogen) atoms. The minimum atomic E-state index is -0.296. The van der Waals surface area contributed by atoms with Crippen LogP contribution >= 0.6 is 0 Å². The van der Waals surface area contributed by atoms with E-state index in [2.05, 4.69) is 16.4 Å². The molecule has 0 aliphatic carbocycles. The van der Waals surface area contributed by atoms with E-state index >= 15 is 0 Å². The van der Waals surface area contributed by atoms with Gasteiger partial charge in [-0.2, -0.15) is 5.26 Å². The van der Waals surface area contributed by atoms with Gasteiger partial charge in [-0.05, 0) is 29.7 Å². The average molecular weight is 273 g/mol. The van der Waals surface area contributed by atoms with Crippen LogP contribution in [0, 0.1) is 11.3 Å².